The van der Waals surface area contributed by atoms with E-state index in [0.29, 0.717) is 4.91 Å². The lowest BCUT2D eigenvalue weighted by Gasteiger charge is -2.10. The maximum absolute atomic E-state index is 12.3. The Morgan fingerprint density at radius 1 is 1.12 bits per heavy atom. The number of carbonyl (C=O) groups is 1. The third kappa shape index (κ3) is 2.80. The third-order valence-corrected chi connectivity index (χ3v) is 5.40. The van der Waals surface area contributed by atoms with Gasteiger partial charge in [0.2, 0.25) is 0 Å². The van der Waals surface area contributed by atoms with Crippen LogP contribution in [0.2, 0.25) is 0 Å². The summed E-state index contributed by atoms with van der Waals surface area (Å²) in [6.07, 6.45) is 1.97. The molecule has 1 aliphatic rings. The molecular formula is C19H21N3OS. The van der Waals surface area contributed by atoms with Crippen LogP contribution in [0.1, 0.15) is 22.5 Å². The van der Waals surface area contributed by atoms with Crippen molar-refractivity contribution in [2.45, 2.75) is 20.8 Å². The van der Waals surface area contributed by atoms with Crippen LogP contribution < -0.4 is 0 Å². The Morgan fingerprint density at radius 3 is 2.38 bits per heavy atom. The first kappa shape index (κ1) is 16.6. The number of amidine groups is 1. The number of hydrogen-bond acceptors (Lipinski definition) is 3. The number of rotatable bonds is 2. The summed E-state index contributed by atoms with van der Waals surface area (Å²) in [4.78, 5) is 18.8. The van der Waals surface area contributed by atoms with Crippen molar-refractivity contribution in [1.82, 2.24) is 9.47 Å². The summed E-state index contributed by atoms with van der Waals surface area (Å²) < 4.78 is 2.22. The molecule has 1 aromatic heterocycles. The van der Waals surface area contributed by atoms with Crippen LogP contribution in [0.15, 0.2) is 40.2 Å². The molecule has 4 nitrogen and oxygen atoms in total. The number of aromatic nitrogens is 1. The van der Waals surface area contributed by atoms with Gasteiger partial charge in [-0.25, -0.2) is 0 Å². The van der Waals surface area contributed by atoms with Crippen molar-refractivity contribution in [2.24, 2.45) is 4.99 Å². The minimum Gasteiger partial charge on any atom is -0.318 e. The molecule has 1 aliphatic heterocycles. The largest absolute Gasteiger partial charge is 0.318 e. The fourth-order valence-electron chi connectivity index (χ4n) is 2.92. The average Bonchev–Trinajstić information content (AvgIpc) is 2.99. The first-order chi connectivity index (χ1) is 11.4. The lowest BCUT2D eigenvalue weighted by atomic mass is 10.2. The van der Waals surface area contributed by atoms with E-state index in [9.17, 15) is 4.79 Å². The Kier molecular flexibility index (Phi) is 4.37. The molecule has 2 heterocycles. The van der Waals surface area contributed by atoms with E-state index < -0.39 is 0 Å². The second-order valence-electron chi connectivity index (χ2n) is 5.98. The van der Waals surface area contributed by atoms with Gasteiger partial charge < -0.3 is 4.57 Å². The van der Waals surface area contributed by atoms with Crippen LogP contribution in [0, 0.1) is 20.8 Å². The van der Waals surface area contributed by atoms with Gasteiger partial charge in [0, 0.05) is 31.2 Å². The van der Waals surface area contributed by atoms with E-state index in [2.05, 4.69) is 60.7 Å². The van der Waals surface area contributed by atoms with Crippen molar-refractivity contribution < 1.29 is 4.79 Å². The van der Waals surface area contributed by atoms with Gasteiger partial charge in [-0.2, -0.15) is 0 Å². The van der Waals surface area contributed by atoms with Gasteiger partial charge in [-0.15, -0.1) is 0 Å². The molecule has 0 radical (unpaired) electrons. The van der Waals surface area contributed by atoms with Crippen molar-refractivity contribution in [3.63, 3.8) is 0 Å². The highest BCUT2D eigenvalue weighted by atomic mass is 32.2. The maximum atomic E-state index is 12.3. The van der Waals surface area contributed by atoms with Crippen molar-refractivity contribution >= 4 is 28.9 Å². The normalized spacial score (nSPS) is 18.2. The summed E-state index contributed by atoms with van der Waals surface area (Å²) in [7, 11) is 3.46. The second-order valence-corrected chi connectivity index (χ2v) is 6.99. The monoisotopic (exact) mass is 339 g/mol. The van der Waals surface area contributed by atoms with E-state index in [1.807, 2.05) is 6.08 Å². The first-order valence-electron chi connectivity index (χ1n) is 7.82. The SMILES string of the molecule is CN=C1S/C(=C\c2cc(C)n(-c3ccc(C)cc3)c2C)C(=O)N1C. The van der Waals surface area contributed by atoms with Crippen LogP contribution in [0.25, 0.3) is 11.8 Å². The summed E-state index contributed by atoms with van der Waals surface area (Å²) in [5.74, 6) is 0.000684. The smallest absolute Gasteiger partial charge is 0.266 e. The fraction of sp³-hybridized carbons (Fsp3) is 0.263. The van der Waals surface area contributed by atoms with E-state index >= 15 is 0 Å². The molecule has 0 spiro atoms. The molecule has 3 rings (SSSR count). The molecule has 1 fully saturated rings. The maximum Gasteiger partial charge on any atom is 0.266 e. The van der Waals surface area contributed by atoms with Crippen LogP contribution in [-0.4, -0.2) is 34.6 Å². The van der Waals surface area contributed by atoms with Gasteiger partial charge in [0.15, 0.2) is 5.17 Å². The van der Waals surface area contributed by atoms with Crippen LogP contribution in [-0.2, 0) is 4.79 Å². The van der Waals surface area contributed by atoms with Gasteiger partial charge in [0.1, 0.15) is 0 Å². The number of hydrogen-bond donors (Lipinski definition) is 0. The molecule has 0 atom stereocenters. The number of aryl methyl sites for hydroxylation is 2. The summed E-state index contributed by atoms with van der Waals surface area (Å²) in [6, 6.07) is 10.6. The van der Waals surface area contributed by atoms with Gasteiger partial charge in [-0.1, -0.05) is 17.7 Å². The Bertz CT molecular complexity index is 859. The highest BCUT2D eigenvalue weighted by Gasteiger charge is 2.30. The Balaban J connectivity index is 2.03. The third-order valence-electron chi connectivity index (χ3n) is 4.24. The Labute approximate surface area is 146 Å². The molecule has 0 unspecified atom stereocenters. The molecule has 124 valence electrons. The van der Waals surface area contributed by atoms with Gasteiger partial charge in [0.05, 0.1) is 4.91 Å². The average molecular weight is 339 g/mol. The standard InChI is InChI=1S/C19H21N3OS/c1-12-6-8-16(9-7-12)22-13(2)10-15(14(22)3)11-17-18(23)21(5)19(20-4)24-17/h6-11H,1-5H3/b17-11-,20-19?. The molecule has 1 amide bonds. The zero-order chi connectivity index (χ0) is 17.4. The zero-order valence-corrected chi connectivity index (χ0v) is 15.4. The molecule has 1 saturated heterocycles. The number of carbonyl (C=O) groups excluding carboxylic acids is 1. The number of amides is 1. The van der Waals surface area contributed by atoms with Crippen molar-refractivity contribution in [2.75, 3.05) is 14.1 Å². The zero-order valence-electron chi connectivity index (χ0n) is 14.6. The van der Waals surface area contributed by atoms with E-state index in [4.69, 9.17) is 0 Å². The van der Waals surface area contributed by atoms with E-state index in [0.717, 1.165) is 27.8 Å². The van der Waals surface area contributed by atoms with E-state index in [-0.39, 0.29) is 5.91 Å². The fourth-order valence-corrected chi connectivity index (χ4v) is 3.83. The number of thioether (sulfide) groups is 1. The molecule has 2 aromatic rings. The van der Waals surface area contributed by atoms with E-state index in [1.54, 1.807) is 19.0 Å². The predicted octanol–water partition coefficient (Wildman–Crippen LogP) is 3.93. The summed E-state index contributed by atoms with van der Waals surface area (Å²) in [6.45, 7) is 6.26. The van der Waals surface area contributed by atoms with Crippen molar-refractivity contribution in [3.05, 3.63) is 57.8 Å². The topological polar surface area (TPSA) is 37.6 Å². The lowest BCUT2D eigenvalue weighted by Crippen LogP contribution is -2.23. The minimum atomic E-state index is 0.000684. The molecule has 0 N–H and O–H groups in total. The van der Waals surface area contributed by atoms with Crippen LogP contribution in [0.3, 0.4) is 0 Å². The Morgan fingerprint density at radius 2 is 1.79 bits per heavy atom. The van der Waals surface area contributed by atoms with Gasteiger partial charge in [0.25, 0.3) is 5.91 Å². The van der Waals surface area contributed by atoms with E-state index in [1.165, 1.54) is 17.3 Å². The number of nitrogens with zero attached hydrogens (tertiary/aromatic N) is 3. The summed E-state index contributed by atoms with van der Waals surface area (Å²) in [5, 5.41) is 0.735. The first-order valence-corrected chi connectivity index (χ1v) is 8.64. The second kappa shape index (κ2) is 6.32. The molecule has 0 bridgehead atoms. The minimum absolute atomic E-state index is 0.000684. The molecule has 24 heavy (non-hydrogen) atoms. The van der Waals surface area contributed by atoms with Gasteiger partial charge in [-0.3, -0.25) is 14.7 Å². The van der Waals surface area contributed by atoms with Gasteiger partial charge in [-0.05, 0) is 62.4 Å². The van der Waals surface area contributed by atoms with Crippen molar-refractivity contribution in [1.29, 1.82) is 0 Å². The molecule has 5 heteroatoms. The lowest BCUT2D eigenvalue weighted by molar-refractivity contribution is -0.121. The highest BCUT2D eigenvalue weighted by Crippen LogP contribution is 2.32. The number of aliphatic imine (C=N–C) groups is 1. The number of benzene rings is 1. The molecule has 0 aliphatic carbocycles. The summed E-state index contributed by atoms with van der Waals surface area (Å²) in [5.41, 5.74) is 5.72. The molecule has 1 aromatic carbocycles. The quantitative estimate of drug-likeness (QED) is 0.777. The Hall–Kier alpha value is -2.27. The van der Waals surface area contributed by atoms with Crippen LogP contribution >= 0.6 is 11.8 Å². The van der Waals surface area contributed by atoms with Crippen molar-refractivity contribution in [3.8, 4) is 5.69 Å². The predicted molar refractivity (Wildman–Crippen MR) is 102 cm³/mol. The molecule has 0 saturated carbocycles. The number of likely N-dealkylation sites (N-methyl/N-ethyl adjacent to an activating group) is 1. The molecular weight excluding hydrogens is 318 g/mol. The highest BCUT2D eigenvalue weighted by molar-refractivity contribution is 8.18. The van der Waals surface area contributed by atoms with Crippen LogP contribution in [0.5, 0.6) is 0 Å². The van der Waals surface area contributed by atoms with Crippen LogP contribution in [0.4, 0.5) is 0 Å². The summed E-state index contributed by atoms with van der Waals surface area (Å²) >= 11 is 1.42. The van der Waals surface area contributed by atoms with Gasteiger partial charge >= 0.3 is 0 Å².